The topological polar surface area (TPSA) is 73.9 Å². The fourth-order valence-corrected chi connectivity index (χ4v) is 7.72. The van der Waals surface area contributed by atoms with Crippen LogP contribution < -0.4 is 10.6 Å². The van der Waals surface area contributed by atoms with Gasteiger partial charge in [-0.25, -0.2) is 9.34 Å². The lowest BCUT2D eigenvalue weighted by molar-refractivity contribution is -0.118. The fourth-order valence-electron chi connectivity index (χ4n) is 3.25. The molecule has 1 amide bonds. The Bertz CT molecular complexity index is 504. The van der Waals surface area contributed by atoms with E-state index in [1.54, 1.807) is 9.34 Å². The highest BCUT2D eigenvalue weighted by atomic mass is 35.5. The molecule has 0 saturated carbocycles. The van der Waals surface area contributed by atoms with Crippen molar-refractivity contribution in [3.05, 3.63) is 0 Å². The van der Waals surface area contributed by atoms with Gasteiger partial charge in [0, 0.05) is 62.0 Å². The van der Waals surface area contributed by atoms with Crippen LogP contribution in [0.15, 0.2) is 0 Å². The minimum atomic E-state index is -3.39. The molecule has 184 valence electrons. The highest BCUT2D eigenvalue weighted by Gasteiger charge is 2.37. The molecule has 0 spiro atoms. The molecule has 0 aliphatic carbocycles. The van der Waals surface area contributed by atoms with Gasteiger partial charge in [0.15, 0.2) is 0 Å². The average molecular weight is 560 g/mol. The monoisotopic (exact) mass is 558 g/mol. The molecular formula is C18H35Cl4N4O3PS. The molecule has 1 rings (SSSR count). The number of hydrogen-bond acceptors (Lipinski definition) is 5. The Hall–Kier alpha value is 1.05. The molecule has 1 atom stereocenters. The second kappa shape index (κ2) is 18.4. The zero-order chi connectivity index (χ0) is 23.0. The summed E-state index contributed by atoms with van der Waals surface area (Å²) in [6, 6.07) is 0. The van der Waals surface area contributed by atoms with Gasteiger partial charge in [-0.1, -0.05) is 0 Å². The van der Waals surface area contributed by atoms with Gasteiger partial charge in [-0.2, -0.15) is 0 Å². The van der Waals surface area contributed by atoms with Crippen molar-refractivity contribution < 1.29 is 13.9 Å². The number of rotatable bonds is 18. The van der Waals surface area contributed by atoms with Gasteiger partial charge in [-0.15, -0.1) is 58.2 Å². The minimum absolute atomic E-state index is 0.00979. The summed E-state index contributed by atoms with van der Waals surface area (Å²) < 4.78 is 23.1. The van der Waals surface area contributed by atoms with Crippen molar-refractivity contribution in [2.24, 2.45) is 5.92 Å². The Morgan fingerprint density at radius 2 is 1.65 bits per heavy atom. The van der Waals surface area contributed by atoms with Crippen LogP contribution in [-0.4, -0.2) is 103 Å². The molecule has 1 fully saturated rings. The number of nitrogens with zero attached hydrogens (tertiary/aromatic N) is 2. The summed E-state index contributed by atoms with van der Waals surface area (Å²) in [7, 11) is -3.39. The SMILES string of the molecule is O=C(CSCCOP(=O)(N(CCCl)CCCl)N(CCCl)CCCl)NCC1CCCNC1. The summed E-state index contributed by atoms with van der Waals surface area (Å²) in [6.07, 6.45) is 2.30. The molecule has 0 aromatic rings. The average Bonchev–Trinajstić information content (AvgIpc) is 2.77. The lowest BCUT2D eigenvalue weighted by Gasteiger charge is -2.37. The summed E-state index contributed by atoms with van der Waals surface area (Å²) in [5.41, 5.74) is 0. The quantitative estimate of drug-likeness (QED) is 0.151. The van der Waals surface area contributed by atoms with Crippen LogP contribution in [-0.2, 0) is 13.9 Å². The number of piperidine rings is 1. The lowest BCUT2D eigenvalue weighted by Crippen LogP contribution is -2.38. The third kappa shape index (κ3) is 11.8. The van der Waals surface area contributed by atoms with E-state index in [0.717, 1.165) is 25.9 Å². The molecule has 1 heterocycles. The van der Waals surface area contributed by atoms with Gasteiger partial charge in [0.1, 0.15) is 0 Å². The molecular weight excluding hydrogens is 525 g/mol. The van der Waals surface area contributed by atoms with Crippen LogP contribution >= 0.6 is 65.8 Å². The van der Waals surface area contributed by atoms with E-state index in [-0.39, 0.29) is 12.5 Å². The Morgan fingerprint density at radius 1 is 1.06 bits per heavy atom. The number of amides is 1. The summed E-state index contributed by atoms with van der Waals surface area (Å²) >= 11 is 25.1. The van der Waals surface area contributed by atoms with Crippen LogP contribution in [0.5, 0.6) is 0 Å². The van der Waals surface area contributed by atoms with Crippen molar-refractivity contribution in [3.8, 4) is 0 Å². The molecule has 1 aliphatic rings. The molecule has 0 radical (unpaired) electrons. The largest absolute Gasteiger partial charge is 0.355 e. The predicted molar refractivity (Wildman–Crippen MR) is 136 cm³/mol. The second-order valence-electron chi connectivity index (χ2n) is 7.06. The van der Waals surface area contributed by atoms with Crippen molar-refractivity contribution in [2.75, 3.05) is 87.4 Å². The summed E-state index contributed by atoms with van der Waals surface area (Å²) in [5, 5.41) is 6.34. The first kappa shape index (κ1) is 30.1. The van der Waals surface area contributed by atoms with E-state index >= 15 is 0 Å². The van der Waals surface area contributed by atoms with Crippen LogP contribution in [0.4, 0.5) is 0 Å². The van der Waals surface area contributed by atoms with Crippen molar-refractivity contribution in [3.63, 3.8) is 0 Å². The number of nitrogens with one attached hydrogen (secondary N) is 2. The maximum Gasteiger partial charge on any atom is 0.346 e. The van der Waals surface area contributed by atoms with Gasteiger partial charge in [-0.3, -0.25) is 9.36 Å². The first-order chi connectivity index (χ1) is 15.0. The number of hydrogen-bond donors (Lipinski definition) is 2. The maximum absolute atomic E-state index is 13.8. The number of thioether (sulfide) groups is 1. The van der Waals surface area contributed by atoms with Gasteiger partial charge >= 0.3 is 7.67 Å². The zero-order valence-electron chi connectivity index (χ0n) is 17.9. The van der Waals surface area contributed by atoms with Gasteiger partial charge < -0.3 is 15.2 Å². The van der Waals surface area contributed by atoms with E-state index < -0.39 is 7.67 Å². The predicted octanol–water partition coefficient (Wildman–Crippen LogP) is 3.52. The standard InChI is InChI=1S/C18H35Cl4N4O3PS/c19-3-8-25(9-4-20)30(28,26(10-5-21)11-6-22)29-12-13-31-16-18(27)24-15-17-2-1-7-23-14-17/h17,23H,1-16H2,(H,24,27). The second-order valence-corrected chi connectivity index (χ2v) is 12.0. The third-order valence-corrected chi connectivity index (χ3v) is 9.14. The van der Waals surface area contributed by atoms with Crippen LogP contribution in [0.3, 0.4) is 0 Å². The maximum atomic E-state index is 13.8. The number of halogens is 4. The number of carbonyl (C=O) groups is 1. The zero-order valence-corrected chi connectivity index (χ0v) is 22.6. The highest BCUT2D eigenvalue weighted by Crippen LogP contribution is 2.54. The van der Waals surface area contributed by atoms with E-state index in [2.05, 4.69) is 10.6 Å². The summed E-state index contributed by atoms with van der Waals surface area (Å²) in [4.78, 5) is 12.1. The van der Waals surface area contributed by atoms with Gasteiger partial charge in [0.05, 0.1) is 12.4 Å². The Balaban J connectivity index is 2.51. The van der Waals surface area contributed by atoms with Crippen molar-refractivity contribution in [1.29, 1.82) is 0 Å². The molecule has 31 heavy (non-hydrogen) atoms. The first-order valence-electron chi connectivity index (χ1n) is 10.6. The van der Waals surface area contributed by atoms with Gasteiger partial charge in [0.2, 0.25) is 5.91 Å². The molecule has 0 bridgehead atoms. The van der Waals surface area contributed by atoms with Crippen molar-refractivity contribution in [1.82, 2.24) is 20.0 Å². The van der Waals surface area contributed by atoms with Crippen LogP contribution in [0.1, 0.15) is 12.8 Å². The molecule has 0 aromatic carbocycles. The highest BCUT2D eigenvalue weighted by molar-refractivity contribution is 7.99. The van der Waals surface area contributed by atoms with E-state index in [1.807, 2.05) is 0 Å². The minimum Gasteiger partial charge on any atom is -0.355 e. The van der Waals surface area contributed by atoms with E-state index in [1.165, 1.54) is 11.8 Å². The Morgan fingerprint density at radius 3 is 2.13 bits per heavy atom. The van der Waals surface area contributed by atoms with E-state index in [4.69, 9.17) is 50.9 Å². The van der Waals surface area contributed by atoms with Crippen molar-refractivity contribution >= 4 is 71.7 Å². The van der Waals surface area contributed by atoms with Gasteiger partial charge in [0.25, 0.3) is 0 Å². The van der Waals surface area contributed by atoms with E-state index in [0.29, 0.717) is 73.7 Å². The van der Waals surface area contributed by atoms with Crippen LogP contribution in [0.2, 0.25) is 0 Å². The van der Waals surface area contributed by atoms with Gasteiger partial charge in [-0.05, 0) is 31.8 Å². The Kier molecular flexibility index (Phi) is 17.8. The van der Waals surface area contributed by atoms with E-state index in [9.17, 15) is 9.36 Å². The number of carbonyl (C=O) groups excluding carboxylic acids is 1. The van der Waals surface area contributed by atoms with Crippen LogP contribution in [0, 0.1) is 5.92 Å². The normalized spacial score (nSPS) is 17.4. The molecule has 1 saturated heterocycles. The molecule has 1 aliphatic heterocycles. The smallest absolute Gasteiger partial charge is 0.346 e. The lowest BCUT2D eigenvalue weighted by atomic mass is 10.00. The molecule has 1 unspecified atom stereocenters. The Labute approximate surface area is 211 Å². The van der Waals surface area contributed by atoms with Crippen LogP contribution in [0.25, 0.3) is 0 Å². The summed E-state index contributed by atoms with van der Waals surface area (Å²) in [6.45, 7) is 4.44. The molecule has 13 heteroatoms. The molecule has 7 nitrogen and oxygen atoms in total. The third-order valence-electron chi connectivity index (χ3n) is 4.79. The fraction of sp³-hybridized carbons (Fsp3) is 0.944. The number of alkyl halides is 4. The molecule has 0 aromatic heterocycles. The van der Waals surface area contributed by atoms with Crippen molar-refractivity contribution in [2.45, 2.75) is 12.8 Å². The summed E-state index contributed by atoms with van der Waals surface area (Å²) in [5.74, 6) is 2.58. The first-order valence-corrected chi connectivity index (χ1v) is 15.4. The molecule has 2 N–H and O–H groups in total.